The van der Waals surface area contributed by atoms with Crippen LogP contribution in [0, 0.1) is 0 Å². The fraction of sp³-hybridized carbons (Fsp3) is 0.250. The molecule has 0 unspecified atom stereocenters. The lowest BCUT2D eigenvalue weighted by Crippen LogP contribution is -1.89. The van der Waals surface area contributed by atoms with Crippen molar-refractivity contribution in [3.8, 4) is 5.75 Å². The van der Waals surface area contributed by atoms with Gasteiger partial charge < -0.3 is 4.74 Å². The van der Waals surface area contributed by atoms with Crippen LogP contribution in [0.5, 0.6) is 5.75 Å². The van der Waals surface area contributed by atoms with Crippen LogP contribution in [0.3, 0.4) is 0 Å². The molecule has 1 aromatic heterocycles. The Morgan fingerprint density at radius 1 is 1.38 bits per heavy atom. The number of ether oxygens (including phenoxy) is 1. The van der Waals surface area contributed by atoms with Crippen molar-refractivity contribution in [1.82, 2.24) is 4.98 Å². The van der Waals surface area contributed by atoms with Gasteiger partial charge in [-0.3, -0.25) is 0 Å². The fourth-order valence-corrected chi connectivity index (χ4v) is 2.37. The molecule has 2 aromatic rings. The molecule has 0 saturated heterocycles. The van der Waals surface area contributed by atoms with Crippen molar-refractivity contribution in [2.24, 2.45) is 0 Å². The smallest absolute Gasteiger partial charge is 0.133 e. The monoisotopic (exact) mass is 253 g/mol. The van der Waals surface area contributed by atoms with E-state index in [1.165, 1.54) is 0 Å². The molecule has 0 amide bonds. The summed E-state index contributed by atoms with van der Waals surface area (Å²) in [6.07, 6.45) is 2.05. The summed E-state index contributed by atoms with van der Waals surface area (Å²) >= 11 is 7.85. The quantitative estimate of drug-likeness (QED) is 0.778. The molecule has 0 aliphatic rings. The van der Waals surface area contributed by atoms with E-state index in [1.54, 1.807) is 18.9 Å². The van der Waals surface area contributed by atoms with Crippen molar-refractivity contribution < 1.29 is 4.74 Å². The zero-order valence-corrected chi connectivity index (χ0v) is 10.7. The lowest BCUT2D eigenvalue weighted by atomic mass is 10.1. The third-order valence-corrected chi connectivity index (χ3v) is 3.28. The van der Waals surface area contributed by atoms with Gasteiger partial charge in [-0.15, -0.1) is 0 Å². The van der Waals surface area contributed by atoms with Gasteiger partial charge in [0.05, 0.1) is 12.6 Å². The molecular formula is C12H12ClNOS. The number of benzene rings is 1. The van der Waals surface area contributed by atoms with E-state index in [0.717, 1.165) is 28.0 Å². The standard InChI is InChI=1S/C12H12ClNOS/c1-15-10-4-3-8-5-9(7-16-2)12(13)14-11(8)6-10/h3-6H,7H2,1-2H3. The summed E-state index contributed by atoms with van der Waals surface area (Å²) in [5.74, 6) is 1.68. The zero-order valence-electron chi connectivity index (χ0n) is 9.16. The lowest BCUT2D eigenvalue weighted by molar-refractivity contribution is 0.415. The van der Waals surface area contributed by atoms with E-state index in [2.05, 4.69) is 17.3 Å². The van der Waals surface area contributed by atoms with Crippen molar-refractivity contribution >= 4 is 34.3 Å². The van der Waals surface area contributed by atoms with Crippen LogP contribution < -0.4 is 4.74 Å². The van der Waals surface area contributed by atoms with E-state index < -0.39 is 0 Å². The van der Waals surface area contributed by atoms with E-state index >= 15 is 0 Å². The highest BCUT2D eigenvalue weighted by Gasteiger charge is 2.05. The molecule has 0 N–H and O–H groups in total. The SMILES string of the molecule is COc1ccc2cc(CSC)c(Cl)nc2c1. The molecule has 0 radical (unpaired) electrons. The Kier molecular flexibility index (Phi) is 3.56. The number of hydrogen-bond acceptors (Lipinski definition) is 3. The molecule has 0 aliphatic carbocycles. The Hall–Kier alpha value is -0.930. The Labute approximate surface area is 104 Å². The van der Waals surface area contributed by atoms with E-state index in [0.29, 0.717) is 5.15 Å². The van der Waals surface area contributed by atoms with Crippen molar-refractivity contribution in [2.45, 2.75) is 5.75 Å². The largest absolute Gasteiger partial charge is 0.497 e. The number of nitrogens with zero attached hydrogens (tertiary/aromatic N) is 1. The lowest BCUT2D eigenvalue weighted by Gasteiger charge is -2.06. The molecule has 1 aromatic carbocycles. The first-order valence-electron chi connectivity index (χ1n) is 4.86. The average Bonchev–Trinajstić information content (AvgIpc) is 2.30. The average molecular weight is 254 g/mol. The van der Waals surface area contributed by atoms with Crippen LogP contribution >= 0.6 is 23.4 Å². The van der Waals surface area contributed by atoms with Gasteiger partial charge in [0.15, 0.2) is 0 Å². The maximum Gasteiger partial charge on any atom is 0.133 e. The Morgan fingerprint density at radius 2 is 2.19 bits per heavy atom. The maximum absolute atomic E-state index is 6.11. The number of fused-ring (bicyclic) bond motifs is 1. The predicted molar refractivity (Wildman–Crippen MR) is 70.5 cm³/mol. The molecule has 2 rings (SSSR count). The second kappa shape index (κ2) is 4.93. The first-order chi connectivity index (χ1) is 7.74. The molecule has 16 heavy (non-hydrogen) atoms. The summed E-state index contributed by atoms with van der Waals surface area (Å²) in [5.41, 5.74) is 1.95. The zero-order chi connectivity index (χ0) is 11.5. The van der Waals surface area contributed by atoms with E-state index in [4.69, 9.17) is 16.3 Å². The first kappa shape index (κ1) is 11.6. The van der Waals surface area contributed by atoms with Crippen LogP contribution in [0.25, 0.3) is 10.9 Å². The van der Waals surface area contributed by atoms with Crippen LogP contribution in [0.15, 0.2) is 24.3 Å². The van der Waals surface area contributed by atoms with E-state index in [-0.39, 0.29) is 0 Å². The van der Waals surface area contributed by atoms with Crippen molar-refractivity contribution in [2.75, 3.05) is 13.4 Å². The van der Waals surface area contributed by atoms with Gasteiger partial charge in [0, 0.05) is 17.2 Å². The van der Waals surface area contributed by atoms with Crippen LogP contribution in [0.2, 0.25) is 5.15 Å². The van der Waals surface area contributed by atoms with Crippen molar-refractivity contribution in [3.63, 3.8) is 0 Å². The molecule has 0 bridgehead atoms. The minimum Gasteiger partial charge on any atom is -0.497 e. The number of methoxy groups -OCH3 is 1. The second-order valence-corrected chi connectivity index (χ2v) is 4.65. The molecule has 4 heteroatoms. The van der Waals surface area contributed by atoms with Crippen LogP contribution in [-0.4, -0.2) is 18.3 Å². The van der Waals surface area contributed by atoms with Gasteiger partial charge in [-0.1, -0.05) is 11.6 Å². The van der Waals surface area contributed by atoms with Crippen molar-refractivity contribution in [3.05, 3.63) is 35.0 Å². The fourth-order valence-electron chi connectivity index (χ4n) is 1.55. The molecule has 0 aliphatic heterocycles. The van der Waals surface area contributed by atoms with Crippen LogP contribution in [0.1, 0.15) is 5.56 Å². The van der Waals surface area contributed by atoms with Gasteiger partial charge in [-0.25, -0.2) is 4.98 Å². The highest BCUT2D eigenvalue weighted by atomic mass is 35.5. The molecule has 1 heterocycles. The number of halogens is 1. The Balaban J connectivity index is 2.55. The normalized spacial score (nSPS) is 10.7. The summed E-state index contributed by atoms with van der Waals surface area (Å²) < 4.78 is 5.15. The molecular weight excluding hydrogens is 242 g/mol. The van der Waals surface area contributed by atoms with Crippen molar-refractivity contribution in [1.29, 1.82) is 0 Å². The van der Waals surface area contributed by atoms with Crippen LogP contribution in [0.4, 0.5) is 0 Å². The summed E-state index contributed by atoms with van der Waals surface area (Å²) in [4.78, 5) is 4.37. The number of aromatic nitrogens is 1. The topological polar surface area (TPSA) is 22.1 Å². The summed E-state index contributed by atoms with van der Waals surface area (Å²) in [5, 5.41) is 1.67. The van der Waals surface area contributed by atoms with Gasteiger partial charge in [-0.05, 0) is 30.0 Å². The summed E-state index contributed by atoms with van der Waals surface area (Å²) in [6, 6.07) is 7.91. The molecule has 0 saturated carbocycles. The van der Waals surface area contributed by atoms with Gasteiger partial charge in [0.2, 0.25) is 0 Å². The molecule has 0 fully saturated rings. The third-order valence-electron chi connectivity index (χ3n) is 2.35. The third kappa shape index (κ3) is 2.25. The minimum atomic E-state index is 0.579. The Morgan fingerprint density at radius 3 is 2.88 bits per heavy atom. The summed E-state index contributed by atoms with van der Waals surface area (Å²) in [6.45, 7) is 0. The number of rotatable bonds is 3. The highest BCUT2D eigenvalue weighted by Crippen LogP contribution is 2.25. The molecule has 0 spiro atoms. The minimum absolute atomic E-state index is 0.579. The first-order valence-corrected chi connectivity index (χ1v) is 6.64. The Bertz CT molecular complexity index is 516. The van der Waals surface area contributed by atoms with Gasteiger partial charge in [-0.2, -0.15) is 11.8 Å². The number of hydrogen-bond donors (Lipinski definition) is 0. The molecule has 0 atom stereocenters. The number of thioether (sulfide) groups is 1. The number of pyridine rings is 1. The van der Waals surface area contributed by atoms with E-state index in [9.17, 15) is 0 Å². The van der Waals surface area contributed by atoms with E-state index in [1.807, 2.05) is 18.2 Å². The molecule has 2 nitrogen and oxygen atoms in total. The predicted octanol–water partition coefficient (Wildman–Crippen LogP) is 3.76. The van der Waals surface area contributed by atoms with Gasteiger partial charge in [0.1, 0.15) is 10.9 Å². The second-order valence-electron chi connectivity index (χ2n) is 3.43. The van der Waals surface area contributed by atoms with Gasteiger partial charge >= 0.3 is 0 Å². The van der Waals surface area contributed by atoms with Crippen LogP contribution in [-0.2, 0) is 5.75 Å². The van der Waals surface area contributed by atoms with Gasteiger partial charge in [0.25, 0.3) is 0 Å². The summed E-state index contributed by atoms with van der Waals surface area (Å²) in [7, 11) is 1.64. The molecule has 84 valence electrons. The maximum atomic E-state index is 6.11. The highest BCUT2D eigenvalue weighted by molar-refractivity contribution is 7.97.